The minimum absolute atomic E-state index is 0.146. The Morgan fingerprint density at radius 2 is 1.77 bits per heavy atom. The maximum absolute atomic E-state index is 12.8. The monoisotopic (exact) mass is 346 g/mol. The molecule has 8 heteroatoms. The Balaban J connectivity index is 1.82. The fourth-order valence-corrected chi connectivity index (χ4v) is 2.70. The number of rotatable bonds is 4. The highest BCUT2D eigenvalue weighted by Crippen LogP contribution is 2.15. The Morgan fingerprint density at radius 1 is 1.04 bits per heavy atom. The van der Waals surface area contributed by atoms with E-state index in [9.17, 15) is 9.59 Å². The van der Waals surface area contributed by atoms with Crippen molar-refractivity contribution in [3.8, 4) is 0 Å². The van der Waals surface area contributed by atoms with Gasteiger partial charge in [0.05, 0.1) is 11.9 Å². The Bertz CT molecular complexity index is 1120. The van der Waals surface area contributed by atoms with E-state index in [1.807, 2.05) is 30.3 Å². The maximum Gasteiger partial charge on any atom is 0.279 e. The Labute approximate surface area is 147 Å². The van der Waals surface area contributed by atoms with Gasteiger partial charge in [0.25, 0.3) is 11.5 Å². The molecule has 4 rings (SSSR count). The molecule has 0 radical (unpaired) electrons. The van der Waals surface area contributed by atoms with Gasteiger partial charge in [-0.25, -0.2) is 9.78 Å². The molecule has 0 aliphatic heterocycles. The van der Waals surface area contributed by atoms with Crippen LogP contribution in [0.1, 0.15) is 16.1 Å². The van der Waals surface area contributed by atoms with Crippen LogP contribution in [-0.2, 0) is 6.54 Å². The predicted molar refractivity (Wildman–Crippen MR) is 95.9 cm³/mol. The molecule has 0 aliphatic carbocycles. The molecule has 0 bridgehead atoms. The van der Waals surface area contributed by atoms with Gasteiger partial charge >= 0.3 is 0 Å². The van der Waals surface area contributed by atoms with Crippen LogP contribution < -0.4 is 10.9 Å². The van der Waals surface area contributed by atoms with E-state index in [1.165, 1.54) is 11.0 Å². The largest absolute Gasteiger partial charge is 0.289 e. The number of hydrogen-bond acceptors (Lipinski definition) is 5. The minimum Gasteiger partial charge on any atom is -0.289 e. The first-order chi connectivity index (χ1) is 12.7. The Kier molecular flexibility index (Phi) is 3.98. The average Bonchev–Trinajstić information content (AvgIpc) is 3.18. The van der Waals surface area contributed by atoms with Crippen molar-refractivity contribution in [1.29, 1.82) is 0 Å². The van der Waals surface area contributed by atoms with Crippen molar-refractivity contribution < 1.29 is 4.79 Å². The number of carbonyl (C=O) groups excluding carboxylic acids is 1. The molecule has 8 nitrogen and oxygen atoms in total. The lowest BCUT2D eigenvalue weighted by molar-refractivity contribution is 0.102. The van der Waals surface area contributed by atoms with Crippen molar-refractivity contribution in [2.24, 2.45) is 0 Å². The molecule has 1 amide bonds. The normalized spacial score (nSPS) is 10.8. The third-order valence-electron chi connectivity index (χ3n) is 3.90. The molecule has 2 N–H and O–H groups in total. The van der Waals surface area contributed by atoms with Gasteiger partial charge in [-0.05, 0) is 11.6 Å². The molecule has 0 spiro atoms. The smallest absolute Gasteiger partial charge is 0.279 e. The predicted octanol–water partition coefficient (Wildman–Crippen LogP) is 1.82. The fraction of sp³-hybridized carbons (Fsp3) is 0.0556. The number of carbonyl (C=O) groups is 1. The number of nitrogens with zero attached hydrogens (tertiary/aromatic N) is 4. The number of amides is 1. The van der Waals surface area contributed by atoms with E-state index in [2.05, 4.69) is 25.6 Å². The van der Waals surface area contributed by atoms with Crippen molar-refractivity contribution in [3.05, 3.63) is 82.5 Å². The second-order valence-electron chi connectivity index (χ2n) is 5.63. The number of aromatic nitrogens is 5. The quantitative estimate of drug-likeness (QED) is 0.586. The molecule has 2 heterocycles. The number of fused-ring (bicyclic) bond motifs is 1. The third kappa shape index (κ3) is 2.95. The van der Waals surface area contributed by atoms with Crippen LogP contribution in [0.25, 0.3) is 10.8 Å². The number of benzene rings is 2. The lowest BCUT2D eigenvalue weighted by atomic mass is 10.1. The highest BCUT2D eigenvalue weighted by molar-refractivity contribution is 6.10. The van der Waals surface area contributed by atoms with Gasteiger partial charge in [0.2, 0.25) is 5.95 Å². The number of hydrogen-bond donors (Lipinski definition) is 2. The standard InChI is InChI=1S/C18H14N6O2/c25-16(21-18-19-11-20-22-18)15-13-8-4-5-9-14(13)17(26)24(23-15)10-12-6-2-1-3-7-12/h1-9,11H,10H2,(H2,19,20,21,22,25). The summed E-state index contributed by atoms with van der Waals surface area (Å²) in [7, 11) is 0. The zero-order chi connectivity index (χ0) is 17.9. The minimum atomic E-state index is -0.472. The number of nitrogens with one attached hydrogen (secondary N) is 2. The van der Waals surface area contributed by atoms with Crippen LogP contribution in [0.5, 0.6) is 0 Å². The van der Waals surface area contributed by atoms with Gasteiger partial charge in [0, 0.05) is 5.39 Å². The summed E-state index contributed by atoms with van der Waals surface area (Å²) in [6.45, 7) is 0.271. The number of H-pyrrole nitrogens is 1. The second kappa shape index (κ2) is 6.60. The van der Waals surface area contributed by atoms with Crippen LogP contribution in [0.4, 0.5) is 5.95 Å². The van der Waals surface area contributed by atoms with Gasteiger partial charge in [0.15, 0.2) is 5.69 Å². The van der Waals surface area contributed by atoms with E-state index in [0.29, 0.717) is 10.8 Å². The molecule has 0 aliphatic rings. The van der Waals surface area contributed by atoms with Gasteiger partial charge in [0.1, 0.15) is 6.33 Å². The SMILES string of the molecule is O=C(Nc1ncn[nH]1)c1nn(Cc2ccccc2)c(=O)c2ccccc12. The molecule has 128 valence electrons. The van der Waals surface area contributed by atoms with E-state index in [4.69, 9.17) is 0 Å². The van der Waals surface area contributed by atoms with Crippen LogP contribution in [0.3, 0.4) is 0 Å². The highest BCUT2D eigenvalue weighted by atomic mass is 16.2. The summed E-state index contributed by atoms with van der Waals surface area (Å²) in [4.78, 5) is 29.3. The van der Waals surface area contributed by atoms with E-state index in [0.717, 1.165) is 5.56 Å². The van der Waals surface area contributed by atoms with Gasteiger partial charge in [-0.2, -0.15) is 15.2 Å². The summed E-state index contributed by atoms with van der Waals surface area (Å²) in [6.07, 6.45) is 1.29. The maximum atomic E-state index is 12.8. The van der Waals surface area contributed by atoms with Crippen molar-refractivity contribution in [1.82, 2.24) is 25.0 Å². The van der Waals surface area contributed by atoms with Crippen LogP contribution in [0.15, 0.2) is 65.7 Å². The van der Waals surface area contributed by atoms with Crippen LogP contribution >= 0.6 is 0 Å². The van der Waals surface area contributed by atoms with Crippen molar-refractivity contribution >= 4 is 22.6 Å². The van der Waals surface area contributed by atoms with E-state index < -0.39 is 5.91 Å². The Hall–Kier alpha value is -3.81. The first-order valence-electron chi connectivity index (χ1n) is 7.93. The van der Waals surface area contributed by atoms with Crippen LogP contribution in [0.2, 0.25) is 0 Å². The molecule has 0 fully saturated rings. The summed E-state index contributed by atoms with van der Waals surface area (Å²) < 4.78 is 1.30. The molecule has 2 aromatic heterocycles. The van der Waals surface area contributed by atoms with Crippen LogP contribution in [-0.4, -0.2) is 30.9 Å². The first kappa shape index (κ1) is 15.7. The Morgan fingerprint density at radius 3 is 2.50 bits per heavy atom. The second-order valence-corrected chi connectivity index (χ2v) is 5.63. The highest BCUT2D eigenvalue weighted by Gasteiger charge is 2.17. The number of anilines is 1. The topological polar surface area (TPSA) is 106 Å². The van der Waals surface area contributed by atoms with Gasteiger partial charge < -0.3 is 0 Å². The summed E-state index contributed by atoms with van der Waals surface area (Å²) in [5.41, 5.74) is 0.812. The van der Waals surface area contributed by atoms with Gasteiger partial charge in [-0.1, -0.05) is 48.5 Å². The molecule has 0 atom stereocenters. The molecular formula is C18H14N6O2. The zero-order valence-corrected chi connectivity index (χ0v) is 13.6. The van der Waals surface area contributed by atoms with E-state index in [1.54, 1.807) is 24.3 Å². The van der Waals surface area contributed by atoms with Crippen molar-refractivity contribution in [3.63, 3.8) is 0 Å². The first-order valence-corrected chi connectivity index (χ1v) is 7.93. The lowest BCUT2D eigenvalue weighted by Gasteiger charge is -2.10. The number of aromatic amines is 1. The molecule has 0 saturated heterocycles. The van der Waals surface area contributed by atoms with Crippen molar-refractivity contribution in [2.45, 2.75) is 6.54 Å². The molecule has 4 aromatic rings. The van der Waals surface area contributed by atoms with E-state index in [-0.39, 0.29) is 23.7 Å². The molecule has 0 unspecified atom stereocenters. The molecule has 0 saturated carbocycles. The molecule has 26 heavy (non-hydrogen) atoms. The summed E-state index contributed by atoms with van der Waals surface area (Å²) in [5.74, 6) is -0.263. The zero-order valence-electron chi connectivity index (χ0n) is 13.6. The summed E-state index contributed by atoms with van der Waals surface area (Å²) in [5, 5.41) is 14.1. The third-order valence-corrected chi connectivity index (χ3v) is 3.90. The summed E-state index contributed by atoms with van der Waals surface area (Å²) in [6, 6.07) is 16.4. The van der Waals surface area contributed by atoms with Crippen LogP contribution in [0, 0.1) is 0 Å². The summed E-state index contributed by atoms with van der Waals surface area (Å²) >= 11 is 0. The lowest BCUT2D eigenvalue weighted by Crippen LogP contribution is -2.28. The molecule has 2 aromatic carbocycles. The van der Waals surface area contributed by atoms with Gasteiger partial charge in [-0.3, -0.25) is 14.9 Å². The molecular weight excluding hydrogens is 332 g/mol. The fourth-order valence-electron chi connectivity index (χ4n) is 2.70. The van der Waals surface area contributed by atoms with Crippen molar-refractivity contribution in [2.75, 3.05) is 5.32 Å². The average molecular weight is 346 g/mol. The van der Waals surface area contributed by atoms with Gasteiger partial charge in [-0.15, -0.1) is 0 Å². The van der Waals surface area contributed by atoms with E-state index >= 15 is 0 Å².